The van der Waals surface area contributed by atoms with Crippen molar-refractivity contribution in [3.8, 4) is 0 Å². The lowest BCUT2D eigenvalue weighted by molar-refractivity contribution is -0.138. The Morgan fingerprint density at radius 3 is 2.62 bits per heavy atom. The summed E-state index contributed by atoms with van der Waals surface area (Å²) < 4.78 is 0. The lowest BCUT2D eigenvalue weighted by Gasteiger charge is -2.41. The minimum absolute atomic E-state index is 0.0363. The van der Waals surface area contributed by atoms with Crippen molar-refractivity contribution >= 4 is 29.5 Å². The van der Waals surface area contributed by atoms with E-state index in [0.29, 0.717) is 18.4 Å². The van der Waals surface area contributed by atoms with Crippen LogP contribution in [0.15, 0.2) is 12.3 Å². The number of hydrogen-bond acceptors (Lipinski definition) is 5. The number of rotatable bonds is 4. The van der Waals surface area contributed by atoms with Gasteiger partial charge in [-0.2, -0.15) is 0 Å². The molecule has 0 aromatic carbocycles. The number of pyridine rings is 1. The minimum Gasteiger partial charge on any atom is -0.381 e. The number of carbonyl (C=O) groups is 3. The Balaban J connectivity index is 1.34. The molecule has 1 unspecified atom stereocenters. The van der Waals surface area contributed by atoms with Gasteiger partial charge >= 0.3 is 0 Å². The fraction of sp³-hybridized carbons (Fsp3) is 0.524. The second kappa shape index (κ2) is 6.86. The molecule has 4 aliphatic rings. The zero-order chi connectivity index (χ0) is 20.1. The van der Waals surface area contributed by atoms with E-state index in [2.05, 4.69) is 15.6 Å². The van der Waals surface area contributed by atoms with Crippen LogP contribution < -0.4 is 16.4 Å². The molecule has 1 aromatic heterocycles. The van der Waals surface area contributed by atoms with Gasteiger partial charge < -0.3 is 21.3 Å². The Morgan fingerprint density at radius 1 is 1.21 bits per heavy atom. The van der Waals surface area contributed by atoms with Crippen LogP contribution in [0.4, 0.5) is 5.69 Å². The molecule has 8 nitrogen and oxygen atoms in total. The molecule has 1 aliphatic carbocycles. The van der Waals surface area contributed by atoms with Crippen LogP contribution in [0.2, 0.25) is 0 Å². The second-order valence-electron chi connectivity index (χ2n) is 8.48. The van der Waals surface area contributed by atoms with Crippen molar-refractivity contribution in [3.05, 3.63) is 29.1 Å². The van der Waals surface area contributed by atoms with Crippen molar-refractivity contribution in [1.82, 2.24) is 15.2 Å². The van der Waals surface area contributed by atoms with Crippen LogP contribution in [-0.4, -0.2) is 51.8 Å². The van der Waals surface area contributed by atoms with E-state index < -0.39 is 5.91 Å². The largest absolute Gasteiger partial charge is 0.381 e. The summed E-state index contributed by atoms with van der Waals surface area (Å²) in [7, 11) is 0. The Morgan fingerprint density at radius 2 is 1.97 bits per heavy atom. The maximum Gasteiger partial charge on any atom is 0.252 e. The predicted octanol–water partition coefficient (Wildman–Crippen LogP) is 0.962. The number of hydrogen-bond donors (Lipinski definition) is 3. The highest BCUT2D eigenvalue weighted by atomic mass is 16.2. The van der Waals surface area contributed by atoms with Crippen LogP contribution in [0, 0.1) is 0 Å². The molecule has 4 N–H and O–H groups in total. The standard InChI is InChI=1S/C21H25N5O3/c22-20(28)15-10-23-16-3-1-2-14(16)19(15)24-11-8-12-4-5-13(9-11)26(12)21(29)17-6-7-18(27)25-17/h1-2,10-13,17H,3-9H2,(H2,22,28)(H,23,24)(H,25,27)/t11?,12-,13+,17-/m1/s1. The topological polar surface area (TPSA) is 117 Å². The van der Waals surface area contributed by atoms with Crippen LogP contribution in [0.1, 0.15) is 60.1 Å². The first-order valence-electron chi connectivity index (χ1n) is 10.4. The molecular weight excluding hydrogens is 370 g/mol. The molecule has 4 atom stereocenters. The van der Waals surface area contributed by atoms with Gasteiger partial charge in [-0.1, -0.05) is 12.2 Å². The third-order valence-corrected chi connectivity index (χ3v) is 6.69. The molecule has 29 heavy (non-hydrogen) atoms. The molecule has 8 heteroatoms. The van der Waals surface area contributed by atoms with Gasteiger partial charge in [0, 0.05) is 42.7 Å². The molecule has 1 aromatic rings. The highest BCUT2D eigenvalue weighted by Crippen LogP contribution is 2.39. The molecule has 2 bridgehead atoms. The number of carbonyl (C=O) groups excluding carboxylic acids is 3. The van der Waals surface area contributed by atoms with Crippen LogP contribution in [-0.2, 0) is 16.0 Å². The normalized spacial score (nSPS) is 29.7. The van der Waals surface area contributed by atoms with Crippen molar-refractivity contribution in [2.45, 2.75) is 69.1 Å². The molecular formula is C21H25N5O3. The van der Waals surface area contributed by atoms with Crippen molar-refractivity contribution in [3.63, 3.8) is 0 Å². The van der Waals surface area contributed by atoms with Gasteiger partial charge in [0.25, 0.3) is 5.91 Å². The number of fused-ring (bicyclic) bond motifs is 3. The van der Waals surface area contributed by atoms with Gasteiger partial charge in [0.05, 0.1) is 16.9 Å². The zero-order valence-electron chi connectivity index (χ0n) is 16.2. The lowest BCUT2D eigenvalue weighted by atomic mass is 9.95. The minimum atomic E-state index is -0.490. The summed E-state index contributed by atoms with van der Waals surface area (Å²) in [6.07, 6.45) is 11.0. The summed E-state index contributed by atoms with van der Waals surface area (Å²) in [5.74, 6) is -0.464. The lowest BCUT2D eigenvalue weighted by Crippen LogP contribution is -2.54. The Labute approximate surface area is 168 Å². The van der Waals surface area contributed by atoms with E-state index >= 15 is 0 Å². The Hall–Kier alpha value is -2.90. The summed E-state index contributed by atoms with van der Waals surface area (Å²) in [5, 5.41) is 6.38. The fourth-order valence-corrected chi connectivity index (χ4v) is 5.38. The molecule has 3 amide bonds. The predicted molar refractivity (Wildman–Crippen MR) is 107 cm³/mol. The van der Waals surface area contributed by atoms with E-state index in [4.69, 9.17) is 5.73 Å². The van der Waals surface area contributed by atoms with Crippen molar-refractivity contribution in [2.24, 2.45) is 5.73 Å². The van der Waals surface area contributed by atoms with E-state index in [9.17, 15) is 14.4 Å². The van der Waals surface area contributed by atoms with E-state index in [0.717, 1.165) is 49.0 Å². The number of nitrogens with zero attached hydrogens (tertiary/aromatic N) is 2. The number of aromatic nitrogens is 1. The van der Waals surface area contributed by atoms with Crippen LogP contribution >= 0.6 is 0 Å². The van der Waals surface area contributed by atoms with Gasteiger partial charge in [-0.05, 0) is 32.1 Å². The summed E-state index contributed by atoms with van der Waals surface area (Å²) in [5.41, 5.74) is 8.67. The molecule has 3 saturated heterocycles. The molecule has 5 rings (SSSR count). The van der Waals surface area contributed by atoms with Gasteiger partial charge in [-0.25, -0.2) is 0 Å². The average molecular weight is 395 g/mol. The fourth-order valence-electron chi connectivity index (χ4n) is 5.38. The SMILES string of the molecule is NC(=O)c1cnc2c(c1NC1C[C@H]3CC[C@@H](C1)N3C(=O)[C@H]1CCC(=O)N1)C=CC2. The number of piperidine rings is 1. The van der Waals surface area contributed by atoms with E-state index in [-0.39, 0.29) is 36.0 Å². The first-order chi connectivity index (χ1) is 14.0. The van der Waals surface area contributed by atoms with Crippen molar-refractivity contribution in [1.29, 1.82) is 0 Å². The quantitative estimate of drug-likeness (QED) is 0.702. The van der Waals surface area contributed by atoms with Gasteiger partial charge in [0.2, 0.25) is 11.8 Å². The molecule has 0 spiro atoms. The first-order valence-corrected chi connectivity index (χ1v) is 10.4. The number of amides is 3. The molecule has 4 heterocycles. The summed E-state index contributed by atoms with van der Waals surface area (Å²) in [6.45, 7) is 0. The Kier molecular flexibility index (Phi) is 4.29. The van der Waals surface area contributed by atoms with E-state index in [1.54, 1.807) is 6.20 Å². The highest BCUT2D eigenvalue weighted by molar-refractivity contribution is 6.00. The van der Waals surface area contributed by atoms with Crippen LogP contribution in [0.3, 0.4) is 0 Å². The number of nitrogens with one attached hydrogen (secondary N) is 2. The monoisotopic (exact) mass is 395 g/mol. The summed E-state index contributed by atoms with van der Waals surface area (Å²) >= 11 is 0. The van der Waals surface area contributed by atoms with Gasteiger partial charge in [0.15, 0.2) is 0 Å². The molecule has 0 radical (unpaired) electrons. The molecule has 3 aliphatic heterocycles. The highest BCUT2D eigenvalue weighted by Gasteiger charge is 2.46. The van der Waals surface area contributed by atoms with Crippen molar-refractivity contribution in [2.75, 3.05) is 5.32 Å². The van der Waals surface area contributed by atoms with Gasteiger partial charge in [0.1, 0.15) is 6.04 Å². The zero-order valence-corrected chi connectivity index (χ0v) is 16.2. The second-order valence-corrected chi connectivity index (χ2v) is 8.48. The number of nitrogens with two attached hydrogens (primary N) is 1. The molecule has 152 valence electrons. The molecule has 3 fully saturated rings. The maximum atomic E-state index is 13.0. The van der Waals surface area contributed by atoms with Crippen LogP contribution in [0.5, 0.6) is 0 Å². The van der Waals surface area contributed by atoms with E-state index in [1.807, 2.05) is 17.1 Å². The average Bonchev–Trinajstić information content (AvgIpc) is 3.39. The number of primary amides is 1. The first kappa shape index (κ1) is 18.1. The number of allylic oxidation sites excluding steroid dienone is 1. The van der Waals surface area contributed by atoms with Gasteiger partial charge in [-0.15, -0.1) is 0 Å². The van der Waals surface area contributed by atoms with Gasteiger partial charge in [-0.3, -0.25) is 19.4 Å². The maximum absolute atomic E-state index is 13.0. The number of anilines is 1. The van der Waals surface area contributed by atoms with Crippen molar-refractivity contribution < 1.29 is 14.4 Å². The summed E-state index contributed by atoms with van der Waals surface area (Å²) in [4.78, 5) is 42.8. The third-order valence-electron chi connectivity index (χ3n) is 6.69. The van der Waals surface area contributed by atoms with E-state index in [1.165, 1.54) is 0 Å². The smallest absolute Gasteiger partial charge is 0.252 e. The van der Waals surface area contributed by atoms with Crippen LogP contribution in [0.25, 0.3) is 6.08 Å². The summed E-state index contributed by atoms with van der Waals surface area (Å²) in [6, 6.07) is 0.121. The molecule has 0 saturated carbocycles. The third kappa shape index (κ3) is 3.07. The Bertz CT molecular complexity index is 913.